The maximum absolute atomic E-state index is 12.4. The number of halogens is 3. The number of hydrogen-bond donors (Lipinski definition) is 0. The molecule has 20 heavy (non-hydrogen) atoms. The first-order chi connectivity index (χ1) is 9.55. The summed E-state index contributed by atoms with van der Waals surface area (Å²) in [6.07, 6.45) is -3.44. The molecule has 1 aromatic carbocycles. The predicted molar refractivity (Wildman–Crippen MR) is 77.1 cm³/mol. The predicted octanol–water partition coefficient (Wildman–Crippen LogP) is 4.98. The molecule has 1 heterocycles. The van der Waals surface area contributed by atoms with Crippen molar-refractivity contribution in [3.8, 4) is 0 Å². The van der Waals surface area contributed by atoms with Crippen molar-refractivity contribution in [3.63, 3.8) is 0 Å². The minimum atomic E-state index is -4.32. The molecule has 0 radical (unpaired) electrons. The fraction of sp³-hybridized carbons (Fsp3) is 0.214. The van der Waals surface area contributed by atoms with Crippen LogP contribution in [0.2, 0.25) is 0 Å². The van der Waals surface area contributed by atoms with E-state index in [1.165, 1.54) is 22.7 Å². The summed E-state index contributed by atoms with van der Waals surface area (Å²) < 4.78 is 37.1. The third-order valence-corrected chi connectivity index (χ3v) is 4.63. The van der Waals surface area contributed by atoms with Gasteiger partial charge in [0.05, 0.1) is 10.6 Å². The Kier molecular flexibility index (Phi) is 5.37. The molecule has 0 saturated carbocycles. The number of pyridine rings is 1. The molecule has 0 unspecified atom stereocenters. The molecule has 2 rings (SSSR count). The number of rotatable bonds is 5. The van der Waals surface area contributed by atoms with Gasteiger partial charge in [-0.15, -0.1) is 23.5 Å². The van der Waals surface area contributed by atoms with Gasteiger partial charge < -0.3 is 0 Å². The van der Waals surface area contributed by atoms with Gasteiger partial charge in [0, 0.05) is 22.6 Å². The van der Waals surface area contributed by atoms with Crippen LogP contribution in [0.4, 0.5) is 13.2 Å². The first kappa shape index (κ1) is 15.3. The van der Waals surface area contributed by atoms with Crippen LogP contribution in [0.3, 0.4) is 0 Å². The van der Waals surface area contributed by atoms with Crippen molar-refractivity contribution < 1.29 is 13.2 Å². The Hall–Kier alpha value is -1.14. The highest BCUT2D eigenvalue weighted by molar-refractivity contribution is 8.02. The van der Waals surface area contributed by atoms with E-state index >= 15 is 0 Å². The van der Waals surface area contributed by atoms with Crippen LogP contribution in [0, 0.1) is 0 Å². The number of alkyl halides is 3. The highest BCUT2D eigenvalue weighted by Crippen LogP contribution is 2.29. The molecule has 0 fully saturated rings. The quantitative estimate of drug-likeness (QED) is 0.570. The van der Waals surface area contributed by atoms with Crippen LogP contribution < -0.4 is 0 Å². The van der Waals surface area contributed by atoms with Crippen LogP contribution in [0.15, 0.2) is 58.6 Å². The Morgan fingerprint density at radius 1 is 0.900 bits per heavy atom. The molecule has 0 spiro atoms. The lowest BCUT2D eigenvalue weighted by Gasteiger charge is -2.06. The minimum absolute atomic E-state index is 0.617. The highest BCUT2D eigenvalue weighted by atomic mass is 32.2. The molecule has 0 aliphatic carbocycles. The maximum Gasteiger partial charge on any atom is 0.417 e. The zero-order chi connectivity index (χ0) is 14.4. The summed E-state index contributed by atoms with van der Waals surface area (Å²) in [5.74, 6) is 1.69. The number of benzene rings is 1. The lowest BCUT2D eigenvalue weighted by Crippen LogP contribution is -2.05. The second kappa shape index (κ2) is 7.04. The highest BCUT2D eigenvalue weighted by Gasteiger charge is 2.30. The molecule has 2 aromatic rings. The normalized spacial score (nSPS) is 11.6. The van der Waals surface area contributed by atoms with Gasteiger partial charge in [-0.25, -0.2) is 4.98 Å². The van der Waals surface area contributed by atoms with Gasteiger partial charge in [0.1, 0.15) is 0 Å². The van der Waals surface area contributed by atoms with Gasteiger partial charge in [-0.3, -0.25) is 0 Å². The monoisotopic (exact) mass is 315 g/mol. The first-order valence-corrected chi connectivity index (χ1v) is 7.87. The first-order valence-electron chi connectivity index (χ1n) is 5.89. The second-order valence-electron chi connectivity index (χ2n) is 3.89. The molecule has 1 nitrogen and oxygen atoms in total. The third-order valence-electron chi connectivity index (χ3n) is 2.41. The van der Waals surface area contributed by atoms with E-state index in [4.69, 9.17) is 0 Å². The van der Waals surface area contributed by atoms with Crippen LogP contribution in [0.25, 0.3) is 0 Å². The van der Waals surface area contributed by atoms with E-state index in [1.54, 1.807) is 11.8 Å². The van der Waals surface area contributed by atoms with E-state index in [-0.39, 0.29) is 0 Å². The minimum Gasteiger partial charge on any atom is -0.249 e. The molecule has 0 N–H and O–H groups in total. The van der Waals surface area contributed by atoms with Gasteiger partial charge in [0.25, 0.3) is 0 Å². The van der Waals surface area contributed by atoms with E-state index in [9.17, 15) is 13.2 Å². The number of thioether (sulfide) groups is 2. The van der Waals surface area contributed by atoms with E-state index in [0.29, 0.717) is 5.03 Å². The Bertz CT molecular complexity index is 526. The smallest absolute Gasteiger partial charge is 0.249 e. The molecular formula is C14H12F3NS2. The van der Waals surface area contributed by atoms with Crippen LogP contribution in [-0.4, -0.2) is 16.5 Å². The van der Waals surface area contributed by atoms with E-state index in [2.05, 4.69) is 4.98 Å². The van der Waals surface area contributed by atoms with Crippen molar-refractivity contribution in [2.24, 2.45) is 0 Å². The molecule has 0 amide bonds. The Labute approximate surface area is 124 Å². The van der Waals surface area contributed by atoms with Crippen molar-refractivity contribution in [3.05, 3.63) is 54.2 Å². The fourth-order valence-electron chi connectivity index (χ4n) is 1.46. The number of nitrogens with zero attached hydrogens (tertiary/aromatic N) is 1. The summed E-state index contributed by atoms with van der Waals surface area (Å²) >= 11 is 3.18. The third kappa shape index (κ3) is 4.76. The summed E-state index contributed by atoms with van der Waals surface area (Å²) in [5, 5.41) is 0.617. The van der Waals surface area contributed by atoms with Gasteiger partial charge in [0.2, 0.25) is 0 Å². The molecule has 6 heteroatoms. The summed E-state index contributed by atoms with van der Waals surface area (Å²) in [6, 6.07) is 12.5. The zero-order valence-corrected chi connectivity index (χ0v) is 12.1. The van der Waals surface area contributed by atoms with Crippen LogP contribution in [0.5, 0.6) is 0 Å². The number of aromatic nitrogens is 1. The molecule has 1 aromatic heterocycles. The van der Waals surface area contributed by atoms with E-state index in [1.807, 2.05) is 30.3 Å². The standard InChI is InChI=1S/C14H12F3NS2/c15-14(16,17)11-6-7-13(18-10-11)20-9-8-19-12-4-2-1-3-5-12/h1-7,10H,8-9H2. The van der Waals surface area contributed by atoms with Crippen molar-refractivity contribution in [1.29, 1.82) is 0 Å². The fourth-order valence-corrected chi connectivity index (χ4v) is 3.21. The maximum atomic E-state index is 12.4. The van der Waals surface area contributed by atoms with Crippen molar-refractivity contribution in [1.82, 2.24) is 4.98 Å². The zero-order valence-electron chi connectivity index (χ0n) is 10.4. The van der Waals surface area contributed by atoms with Crippen LogP contribution >= 0.6 is 23.5 Å². The van der Waals surface area contributed by atoms with E-state index in [0.717, 1.165) is 23.8 Å². The molecule has 106 valence electrons. The van der Waals surface area contributed by atoms with Gasteiger partial charge in [-0.2, -0.15) is 13.2 Å². The molecule has 0 atom stereocenters. The molecule has 0 aliphatic rings. The number of hydrogen-bond acceptors (Lipinski definition) is 3. The van der Waals surface area contributed by atoms with Crippen molar-refractivity contribution >= 4 is 23.5 Å². The topological polar surface area (TPSA) is 12.9 Å². The lowest BCUT2D eigenvalue weighted by atomic mass is 10.3. The van der Waals surface area contributed by atoms with E-state index < -0.39 is 11.7 Å². The van der Waals surface area contributed by atoms with Gasteiger partial charge >= 0.3 is 6.18 Å². The van der Waals surface area contributed by atoms with Gasteiger partial charge in [-0.05, 0) is 24.3 Å². The summed E-state index contributed by atoms with van der Waals surface area (Å²) in [6.45, 7) is 0. The second-order valence-corrected chi connectivity index (χ2v) is 6.18. The largest absolute Gasteiger partial charge is 0.417 e. The average Bonchev–Trinajstić information content (AvgIpc) is 2.44. The lowest BCUT2D eigenvalue weighted by molar-refractivity contribution is -0.137. The van der Waals surface area contributed by atoms with Crippen LogP contribution in [-0.2, 0) is 6.18 Å². The van der Waals surface area contributed by atoms with Gasteiger partial charge in [0.15, 0.2) is 0 Å². The summed E-state index contributed by atoms with van der Waals surface area (Å²) in [7, 11) is 0. The molecule has 0 aliphatic heterocycles. The van der Waals surface area contributed by atoms with Crippen molar-refractivity contribution in [2.45, 2.75) is 16.1 Å². The molecular weight excluding hydrogens is 303 g/mol. The van der Waals surface area contributed by atoms with Gasteiger partial charge in [-0.1, -0.05) is 18.2 Å². The molecule has 0 bridgehead atoms. The Balaban J connectivity index is 1.77. The Morgan fingerprint density at radius 3 is 2.20 bits per heavy atom. The molecule has 0 saturated heterocycles. The summed E-state index contributed by atoms with van der Waals surface area (Å²) in [4.78, 5) is 5.01. The SMILES string of the molecule is FC(F)(F)c1ccc(SCCSc2ccccc2)nc1. The Morgan fingerprint density at radius 2 is 1.60 bits per heavy atom. The van der Waals surface area contributed by atoms with Crippen LogP contribution in [0.1, 0.15) is 5.56 Å². The average molecular weight is 315 g/mol. The summed E-state index contributed by atoms with van der Waals surface area (Å²) in [5.41, 5.74) is -0.708. The van der Waals surface area contributed by atoms with Crippen molar-refractivity contribution in [2.75, 3.05) is 11.5 Å².